The zero-order chi connectivity index (χ0) is 22.1. The molecule has 6 nitrogen and oxygen atoms in total. The van der Waals surface area contributed by atoms with Crippen LogP contribution in [-0.2, 0) is 11.4 Å². The maximum Gasteiger partial charge on any atom is 0.136 e. The van der Waals surface area contributed by atoms with Gasteiger partial charge in [-0.15, -0.1) is 4.72 Å². The lowest BCUT2D eigenvalue weighted by molar-refractivity contribution is 0.317. The second kappa shape index (κ2) is 9.40. The number of hydrogen-bond acceptors (Lipinski definition) is 6. The van der Waals surface area contributed by atoms with Crippen LogP contribution >= 0.6 is 23.2 Å². The van der Waals surface area contributed by atoms with Crippen molar-refractivity contribution in [2.45, 2.75) is 44.4 Å². The topological polar surface area (TPSA) is 97.5 Å². The zero-order valence-corrected chi connectivity index (χ0v) is 19.7. The average molecular weight is 471 g/mol. The van der Waals surface area contributed by atoms with E-state index < -0.39 is 16.1 Å². The first kappa shape index (κ1) is 23.3. The first-order valence-corrected chi connectivity index (χ1v) is 11.8. The number of phenolic OH excluding ortho intramolecular Hbond substituents is 1. The lowest BCUT2D eigenvalue weighted by Gasteiger charge is -2.38. The van der Waals surface area contributed by atoms with Crippen molar-refractivity contribution in [3.63, 3.8) is 0 Å². The Balaban J connectivity index is 1.83. The molecular weight excluding hydrogens is 443 g/mol. The number of aromatic hydroxyl groups is 1. The number of nitrogens with two attached hydrogens (primary N) is 1. The van der Waals surface area contributed by atoms with Crippen LogP contribution in [0.4, 0.5) is 11.5 Å². The van der Waals surface area contributed by atoms with E-state index >= 15 is 0 Å². The molecule has 9 heteroatoms. The summed E-state index contributed by atoms with van der Waals surface area (Å²) >= 11 is 11.0. The summed E-state index contributed by atoms with van der Waals surface area (Å²) in [5, 5.41) is 11.2. The zero-order valence-electron chi connectivity index (χ0n) is 17.4. The molecule has 1 aliphatic heterocycles. The molecule has 0 bridgehead atoms. The number of pyridine rings is 1. The van der Waals surface area contributed by atoms with Gasteiger partial charge in [0, 0.05) is 54.0 Å². The van der Waals surface area contributed by atoms with Gasteiger partial charge in [0.05, 0.1) is 16.1 Å². The fourth-order valence-corrected chi connectivity index (χ4v) is 4.81. The quantitative estimate of drug-likeness (QED) is 0.548. The van der Waals surface area contributed by atoms with E-state index in [0.29, 0.717) is 16.3 Å². The van der Waals surface area contributed by atoms with Crippen LogP contribution in [0.3, 0.4) is 0 Å². The van der Waals surface area contributed by atoms with Gasteiger partial charge in [0.25, 0.3) is 0 Å². The smallest absolute Gasteiger partial charge is 0.136 e. The molecule has 1 saturated heterocycles. The minimum atomic E-state index is -1.32. The van der Waals surface area contributed by atoms with E-state index in [-0.39, 0.29) is 22.7 Å². The Kier molecular flexibility index (Phi) is 7.30. The highest BCUT2D eigenvalue weighted by Crippen LogP contribution is 2.40. The molecule has 1 unspecified atom stereocenters. The van der Waals surface area contributed by atoms with E-state index in [4.69, 9.17) is 28.9 Å². The highest BCUT2D eigenvalue weighted by Gasteiger charge is 2.36. The molecule has 1 aromatic carbocycles. The Labute approximate surface area is 191 Å². The molecule has 4 N–H and O–H groups in total. The largest absolute Gasteiger partial charge is 0.598 e. The number of aromatic nitrogens is 1. The van der Waals surface area contributed by atoms with E-state index in [1.165, 1.54) is 6.07 Å². The molecule has 0 spiro atoms. The average Bonchev–Trinajstić information content (AvgIpc) is 2.68. The Morgan fingerprint density at radius 1 is 1.23 bits per heavy atom. The Hall–Kier alpha value is -1.38. The van der Waals surface area contributed by atoms with Gasteiger partial charge in [-0.1, -0.05) is 23.2 Å². The number of benzene rings is 1. The third-order valence-corrected chi connectivity index (χ3v) is 7.60. The van der Waals surface area contributed by atoms with Crippen LogP contribution in [0.2, 0.25) is 10.0 Å². The summed E-state index contributed by atoms with van der Waals surface area (Å²) in [7, 11) is 0. The lowest BCUT2D eigenvalue weighted by atomic mass is 9.85. The van der Waals surface area contributed by atoms with Gasteiger partial charge in [-0.05, 0) is 51.7 Å². The SMILES string of the molecule is CC(C)(C)[S@+]([O-])NC(c1cc(Cl)c(Cl)cc1O)C1CCN(c2cc(N)ccn2)CC1. The van der Waals surface area contributed by atoms with Gasteiger partial charge in [-0.3, -0.25) is 0 Å². The molecule has 0 aliphatic carbocycles. The highest BCUT2D eigenvalue weighted by molar-refractivity contribution is 7.90. The molecule has 1 aromatic heterocycles. The van der Waals surface area contributed by atoms with Crippen molar-refractivity contribution in [2.75, 3.05) is 23.7 Å². The molecule has 0 saturated carbocycles. The number of anilines is 2. The van der Waals surface area contributed by atoms with Crippen molar-refractivity contribution in [3.05, 3.63) is 46.1 Å². The predicted octanol–water partition coefficient (Wildman–Crippen LogP) is 4.69. The minimum absolute atomic E-state index is 0.0488. The van der Waals surface area contributed by atoms with Gasteiger partial charge >= 0.3 is 0 Å². The first-order valence-electron chi connectivity index (χ1n) is 9.88. The number of halogens is 2. The molecule has 164 valence electrons. The molecule has 0 amide bonds. The third kappa shape index (κ3) is 5.45. The molecule has 30 heavy (non-hydrogen) atoms. The summed E-state index contributed by atoms with van der Waals surface area (Å²) in [6, 6.07) is 6.43. The van der Waals surface area contributed by atoms with Crippen LogP contribution < -0.4 is 15.4 Å². The van der Waals surface area contributed by atoms with E-state index in [1.807, 2.05) is 26.8 Å². The van der Waals surface area contributed by atoms with E-state index in [1.54, 1.807) is 18.3 Å². The van der Waals surface area contributed by atoms with Crippen LogP contribution in [0.25, 0.3) is 0 Å². The number of nitrogens with one attached hydrogen (secondary N) is 1. The van der Waals surface area contributed by atoms with Gasteiger partial charge in [0.15, 0.2) is 0 Å². The summed E-state index contributed by atoms with van der Waals surface area (Å²) < 4.78 is 15.7. The molecule has 2 atom stereocenters. The van der Waals surface area contributed by atoms with Crippen molar-refractivity contribution >= 4 is 46.1 Å². The van der Waals surface area contributed by atoms with Gasteiger partial charge in [0.1, 0.15) is 16.3 Å². The highest BCUT2D eigenvalue weighted by atomic mass is 35.5. The predicted molar refractivity (Wildman–Crippen MR) is 125 cm³/mol. The molecule has 3 rings (SSSR count). The number of nitrogens with zero attached hydrogens (tertiary/aromatic N) is 2. The number of rotatable bonds is 5. The molecule has 1 aliphatic rings. The van der Waals surface area contributed by atoms with Crippen LogP contribution in [-0.4, -0.2) is 32.5 Å². The Morgan fingerprint density at radius 2 is 1.87 bits per heavy atom. The van der Waals surface area contributed by atoms with Gasteiger partial charge in [-0.25, -0.2) is 4.98 Å². The molecule has 2 aromatic rings. The lowest BCUT2D eigenvalue weighted by Crippen LogP contribution is -2.45. The standard InChI is InChI=1S/C21H28Cl2N4O2S/c1-21(2,3)30(29)26-20(15-11-16(22)17(23)12-18(15)28)13-5-8-27(9-6-13)19-10-14(24)4-7-25-19/h4,7,10-13,20,26,28H,5-6,8-9H2,1-3H3,(H2,24,25)/t20?,30-/m0/s1. The van der Waals surface area contributed by atoms with Gasteiger partial charge in [0.2, 0.25) is 0 Å². The molecular formula is C21H28Cl2N4O2S. The van der Waals surface area contributed by atoms with E-state index in [2.05, 4.69) is 14.6 Å². The fourth-order valence-electron chi connectivity index (χ4n) is 3.58. The molecule has 1 fully saturated rings. The number of nitrogen functional groups attached to an aromatic ring is 1. The summed E-state index contributed by atoms with van der Waals surface area (Å²) in [6.45, 7) is 7.30. The minimum Gasteiger partial charge on any atom is -0.598 e. The van der Waals surface area contributed by atoms with Crippen molar-refractivity contribution in [3.8, 4) is 5.75 Å². The van der Waals surface area contributed by atoms with Gasteiger partial charge < -0.3 is 20.3 Å². The maximum atomic E-state index is 12.9. The van der Waals surface area contributed by atoms with Crippen LogP contribution in [0.15, 0.2) is 30.5 Å². The summed E-state index contributed by atoms with van der Waals surface area (Å²) in [6.07, 6.45) is 3.37. The summed E-state index contributed by atoms with van der Waals surface area (Å²) in [4.78, 5) is 6.61. The summed E-state index contributed by atoms with van der Waals surface area (Å²) in [5.74, 6) is 1.05. The molecule has 2 heterocycles. The molecule has 0 radical (unpaired) electrons. The van der Waals surface area contributed by atoms with E-state index in [9.17, 15) is 9.66 Å². The first-order chi connectivity index (χ1) is 14.1. The second-order valence-corrected chi connectivity index (χ2v) is 11.4. The Bertz CT molecular complexity index is 886. The van der Waals surface area contributed by atoms with Crippen LogP contribution in [0.1, 0.15) is 45.2 Å². The van der Waals surface area contributed by atoms with Crippen molar-refractivity contribution in [1.29, 1.82) is 0 Å². The summed E-state index contributed by atoms with van der Waals surface area (Å²) in [5.41, 5.74) is 7.19. The number of hydrogen-bond donors (Lipinski definition) is 3. The van der Waals surface area contributed by atoms with Crippen LogP contribution in [0.5, 0.6) is 5.75 Å². The fraction of sp³-hybridized carbons (Fsp3) is 0.476. The second-order valence-electron chi connectivity index (χ2n) is 8.57. The van der Waals surface area contributed by atoms with Crippen molar-refractivity contribution < 1.29 is 9.66 Å². The number of piperidine rings is 1. The van der Waals surface area contributed by atoms with E-state index in [0.717, 1.165) is 31.7 Å². The number of phenols is 1. The normalized spacial score (nSPS) is 17.7. The monoisotopic (exact) mass is 470 g/mol. The third-order valence-electron chi connectivity index (χ3n) is 5.30. The maximum absolute atomic E-state index is 12.9. The van der Waals surface area contributed by atoms with Gasteiger partial charge in [-0.2, -0.15) is 0 Å². The van der Waals surface area contributed by atoms with Crippen molar-refractivity contribution in [1.82, 2.24) is 9.71 Å². The van der Waals surface area contributed by atoms with Crippen molar-refractivity contribution in [2.24, 2.45) is 5.92 Å². The Morgan fingerprint density at radius 3 is 2.47 bits per heavy atom. The van der Waals surface area contributed by atoms with Crippen LogP contribution in [0, 0.1) is 5.92 Å².